The molecule has 20 heavy (non-hydrogen) atoms. The lowest BCUT2D eigenvalue weighted by Gasteiger charge is -2.18. The van der Waals surface area contributed by atoms with Crippen LogP contribution in [0.15, 0.2) is 0 Å². The Kier molecular flexibility index (Phi) is 5.04. The van der Waals surface area contributed by atoms with E-state index >= 15 is 0 Å². The fraction of sp³-hybridized carbons (Fsp3) is 0.800. The lowest BCUT2D eigenvalue weighted by molar-refractivity contribution is 0.131. The van der Waals surface area contributed by atoms with Gasteiger partial charge in [-0.3, -0.25) is 0 Å². The lowest BCUT2D eigenvalue weighted by Crippen LogP contribution is -2.23. The molecular weight excluding hydrogens is 270 g/mol. The number of nitrogens with two attached hydrogens (primary N) is 1. The molecule has 0 aromatic carbocycles. The monoisotopic (exact) mass is 297 g/mol. The van der Waals surface area contributed by atoms with Gasteiger partial charge in [0.1, 0.15) is 0 Å². The van der Waals surface area contributed by atoms with E-state index in [-0.39, 0.29) is 5.41 Å². The maximum absolute atomic E-state index is 5.85. The van der Waals surface area contributed by atoms with Crippen LogP contribution in [0.1, 0.15) is 44.2 Å². The molecule has 0 atom stereocenters. The molecule has 0 amide bonds. The third-order valence-corrected chi connectivity index (χ3v) is 4.72. The summed E-state index contributed by atoms with van der Waals surface area (Å²) < 4.78 is 5.69. The first-order valence-corrected chi connectivity index (χ1v) is 8.22. The van der Waals surface area contributed by atoms with Gasteiger partial charge >= 0.3 is 0 Å². The summed E-state index contributed by atoms with van der Waals surface area (Å²) in [7, 11) is 2.08. The summed E-state index contributed by atoms with van der Waals surface area (Å²) in [6.07, 6.45) is 2.69. The van der Waals surface area contributed by atoms with Crippen molar-refractivity contribution < 1.29 is 4.74 Å². The predicted octanol–water partition coefficient (Wildman–Crippen LogP) is 2.76. The Balaban J connectivity index is 1.91. The number of thiazole rings is 1. The minimum atomic E-state index is 0.0484. The van der Waals surface area contributed by atoms with Gasteiger partial charge in [0.15, 0.2) is 5.13 Å². The fourth-order valence-corrected chi connectivity index (χ4v) is 3.19. The van der Waals surface area contributed by atoms with Gasteiger partial charge < -0.3 is 15.4 Å². The van der Waals surface area contributed by atoms with Crippen LogP contribution in [-0.4, -0.2) is 31.8 Å². The van der Waals surface area contributed by atoms with E-state index in [0.717, 1.165) is 36.5 Å². The van der Waals surface area contributed by atoms with Crippen molar-refractivity contribution in [3.63, 3.8) is 0 Å². The molecular formula is C15H27N3OS. The third-order valence-electron chi connectivity index (χ3n) is 3.53. The second kappa shape index (κ2) is 6.41. The van der Waals surface area contributed by atoms with Crippen LogP contribution in [0.2, 0.25) is 0 Å². The van der Waals surface area contributed by atoms with E-state index in [1.807, 2.05) is 0 Å². The van der Waals surface area contributed by atoms with Gasteiger partial charge in [0.05, 0.1) is 12.3 Å². The highest BCUT2D eigenvalue weighted by atomic mass is 32.1. The molecule has 5 heteroatoms. The fourth-order valence-electron chi connectivity index (χ4n) is 2.06. The maximum Gasteiger partial charge on any atom is 0.185 e. The molecule has 114 valence electrons. The van der Waals surface area contributed by atoms with Crippen LogP contribution < -0.4 is 10.6 Å². The first kappa shape index (κ1) is 15.7. The molecule has 1 aromatic heterocycles. The number of likely N-dealkylation sites (N-methyl/N-ethyl adjacent to an activating group) is 1. The summed E-state index contributed by atoms with van der Waals surface area (Å²) in [4.78, 5) is 8.15. The Hall–Kier alpha value is -0.650. The van der Waals surface area contributed by atoms with Gasteiger partial charge in [0.25, 0.3) is 0 Å². The van der Waals surface area contributed by atoms with Crippen molar-refractivity contribution in [1.29, 1.82) is 0 Å². The van der Waals surface area contributed by atoms with Crippen LogP contribution in [0.3, 0.4) is 0 Å². The van der Waals surface area contributed by atoms with Gasteiger partial charge in [-0.2, -0.15) is 0 Å². The van der Waals surface area contributed by atoms with Crippen molar-refractivity contribution in [3.05, 3.63) is 10.6 Å². The van der Waals surface area contributed by atoms with E-state index < -0.39 is 0 Å². The highest BCUT2D eigenvalue weighted by Crippen LogP contribution is 2.33. The molecule has 1 aliphatic rings. The maximum atomic E-state index is 5.85. The normalized spacial score (nSPS) is 15.7. The molecule has 1 heterocycles. The van der Waals surface area contributed by atoms with Crippen LogP contribution in [0.25, 0.3) is 0 Å². The first-order valence-electron chi connectivity index (χ1n) is 7.41. The van der Waals surface area contributed by atoms with Crippen molar-refractivity contribution in [2.45, 2.75) is 45.6 Å². The zero-order valence-electron chi connectivity index (χ0n) is 13.1. The second-order valence-corrected chi connectivity index (χ2v) is 7.72. The van der Waals surface area contributed by atoms with Crippen LogP contribution >= 0.6 is 11.3 Å². The molecule has 0 unspecified atom stereocenters. The molecule has 0 spiro atoms. The molecule has 1 saturated carbocycles. The Morgan fingerprint density at radius 3 is 2.60 bits per heavy atom. The summed E-state index contributed by atoms with van der Waals surface area (Å²) in [5, 5.41) is 1.05. The van der Waals surface area contributed by atoms with Crippen molar-refractivity contribution in [1.82, 2.24) is 4.98 Å². The second-order valence-electron chi connectivity index (χ2n) is 6.66. The summed E-state index contributed by atoms with van der Waals surface area (Å²) in [6.45, 7) is 9.70. The molecule has 4 nitrogen and oxygen atoms in total. The molecule has 0 saturated heterocycles. The molecule has 0 radical (unpaired) electrons. The first-order chi connectivity index (χ1) is 9.41. The Labute approximate surface area is 126 Å². The van der Waals surface area contributed by atoms with Gasteiger partial charge in [-0.1, -0.05) is 20.8 Å². The van der Waals surface area contributed by atoms with Gasteiger partial charge in [-0.05, 0) is 18.8 Å². The summed E-state index contributed by atoms with van der Waals surface area (Å²) in [5.74, 6) is 0.830. The molecule has 2 N–H and O–H groups in total. The Morgan fingerprint density at radius 2 is 2.10 bits per heavy atom. The van der Waals surface area contributed by atoms with E-state index in [9.17, 15) is 0 Å². The number of rotatable bonds is 7. The van der Waals surface area contributed by atoms with E-state index in [2.05, 4.69) is 32.7 Å². The van der Waals surface area contributed by atoms with Crippen molar-refractivity contribution in [2.75, 3.05) is 31.7 Å². The van der Waals surface area contributed by atoms with Crippen LogP contribution in [-0.2, 0) is 16.7 Å². The van der Waals surface area contributed by atoms with Crippen LogP contribution in [0, 0.1) is 5.92 Å². The predicted molar refractivity (Wildman–Crippen MR) is 85.5 cm³/mol. The smallest absolute Gasteiger partial charge is 0.185 e. The summed E-state index contributed by atoms with van der Waals surface area (Å²) in [5.41, 5.74) is 7.03. The highest BCUT2D eigenvalue weighted by Gasteiger charge is 2.24. The number of hydrogen-bond acceptors (Lipinski definition) is 5. The Bertz CT molecular complexity index is 435. The molecule has 0 bridgehead atoms. The summed E-state index contributed by atoms with van der Waals surface area (Å²) in [6, 6.07) is 0. The van der Waals surface area contributed by atoms with E-state index in [1.54, 1.807) is 11.3 Å². The van der Waals surface area contributed by atoms with Crippen molar-refractivity contribution >= 4 is 16.5 Å². The Morgan fingerprint density at radius 1 is 1.40 bits per heavy atom. The average Bonchev–Trinajstić information content (AvgIpc) is 3.08. The van der Waals surface area contributed by atoms with E-state index in [1.165, 1.54) is 17.7 Å². The van der Waals surface area contributed by atoms with Crippen molar-refractivity contribution in [2.24, 2.45) is 11.7 Å². The minimum Gasteiger partial charge on any atom is -0.379 e. The topological polar surface area (TPSA) is 51.4 Å². The van der Waals surface area contributed by atoms with Gasteiger partial charge in [0.2, 0.25) is 0 Å². The molecule has 1 aliphatic carbocycles. The number of aromatic nitrogens is 1. The largest absolute Gasteiger partial charge is 0.379 e. The lowest BCUT2D eigenvalue weighted by atomic mass is 9.91. The number of nitrogens with zero attached hydrogens (tertiary/aromatic N) is 2. The average molecular weight is 297 g/mol. The van der Waals surface area contributed by atoms with Crippen LogP contribution in [0.5, 0.6) is 0 Å². The quantitative estimate of drug-likeness (QED) is 0.786. The zero-order valence-corrected chi connectivity index (χ0v) is 13.9. The molecule has 2 rings (SSSR count). The SMILES string of the molecule is CN(CCOCC1CC1)c1nc(C(C)(C)C)c(CN)s1. The molecule has 1 aromatic rings. The van der Waals surface area contributed by atoms with Crippen molar-refractivity contribution in [3.8, 4) is 0 Å². The molecule has 1 fully saturated rings. The standard InChI is InChI=1S/C15H27N3OS/c1-15(2,3)13-12(9-16)20-14(17-13)18(4)7-8-19-10-11-5-6-11/h11H,5-10,16H2,1-4H3. The minimum absolute atomic E-state index is 0.0484. The highest BCUT2D eigenvalue weighted by molar-refractivity contribution is 7.15. The van der Waals surface area contributed by atoms with Gasteiger partial charge in [0, 0.05) is 37.0 Å². The van der Waals surface area contributed by atoms with Gasteiger partial charge in [-0.15, -0.1) is 11.3 Å². The molecule has 0 aliphatic heterocycles. The van der Waals surface area contributed by atoms with Crippen LogP contribution in [0.4, 0.5) is 5.13 Å². The number of hydrogen-bond donors (Lipinski definition) is 1. The third kappa shape index (κ3) is 4.17. The zero-order chi connectivity index (χ0) is 14.8. The summed E-state index contributed by atoms with van der Waals surface area (Å²) >= 11 is 1.71. The number of ether oxygens (including phenoxy) is 1. The number of anilines is 1. The van der Waals surface area contributed by atoms with Gasteiger partial charge in [-0.25, -0.2) is 4.98 Å². The van der Waals surface area contributed by atoms with E-state index in [0.29, 0.717) is 6.54 Å². The van der Waals surface area contributed by atoms with E-state index in [4.69, 9.17) is 15.5 Å².